The quantitative estimate of drug-likeness (QED) is 0.607. The third kappa shape index (κ3) is 3.01. The lowest BCUT2D eigenvalue weighted by Gasteiger charge is -2.09. The minimum Gasteiger partial charge on any atom is -0.496 e. The highest BCUT2D eigenvalue weighted by atomic mass is 16.5. The Hall–Kier alpha value is -3.41. The van der Waals surface area contributed by atoms with Gasteiger partial charge in [-0.1, -0.05) is 18.2 Å². The Kier molecular flexibility index (Phi) is 4.00. The third-order valence-electron chi connectivity index (χ3n) is 3.92. The summed E-state index contributed by atoms with van der Waals surface area (Å²) in [5.74, 6) is 1.55. The summed E-state index contributed by atoms with van der Waals surface area (Å²) < 4.78 is 7.28. The van der Waals surface area contributed by atoms with E-state index < -0.39 is 0 Å². The number of anilines is 1. The summed E-state index contributed by atoms with van der Waals surface area (Å²) in [5.41, 5.74) is 3.57. The number of fused-ring (bicyclic) bond motifs is 1. The first-order valence-corrected chi connectivity index (χ1v) is 7.97. The maximum absolute atomic E-state index is 5.46. The summed E-state index contributed by atoms with van der Waals surface area (Å²) in [5, 5.41) is 7.96. The zero-order chi connectivity index (χ0) is 17.1. The second kappa shape index (κ2) is 6.60. The molecule has 0 saturated heterocycles. The molecule has 0 unspecified atom stereocenters. The number of nitrogens with zero attached hydrogens (tertiary/aromatic N) is 4. The smallest absolute Gasteiger partial charge is 0.154 e. The molecule has 4 aromatic rings. The van der Waals surface area contributed by atoms with Crippen LogP contribution >= 0.6 is 0 Å². The SMILES string of the molecule is COc1ccccc1-c1cnc2ccc(NCc3ccccn3)nn12. The topological polar surface area (TPSA) is 64.3 Å². The first kappa shape index (κ1) is 15.1. The number of nitrogens with one attached hydrogen (secondary N) is 1. The molecule has 6 nitrogen and oxygen atoms in total. The molecule has 6 heteroatoms. The number of hydrogen-bond donors (Lipinski definition) is 1. The number of aromatic nitrogens is 4. The summed E-state index contributed by atoms with van der Waals surface area (Å²) >= 11 is 0. The molecule has 0 spiro atoms. The van der Waals surface area contributed by atoms with Crippen molar-refractivity contribution in [3.63, 3.8) is 0 Å². The molecular weight excluding hydrogens is 314 g/mol. The number of benzene rings is 1. The van der Waals surface area contributed by atoms with E-state index in [0.29, 0.717) is 6.54 Å². The summed E-state index contributed by atoms with van der Waals surface area (Å²) in [6.45, 7) is 0.609. The van der Waals surface area contributed by atoms with E-state index in [1.165, 1.54) is 0 Å². The van der Waals surface area contributed by atoms with Gasteiger partial charge >= 0.3 is 0 Å². The number of para-hydroxylation sites is 1. The van der Waals surface area contributed by atoms with Crippen LogP contribution < -0.4 is 10.1 Å². The molecule has 3 aromatic heterocycles. The Balaban J connectivity index is 1.68. The van der Waals surface area contributed by atoms with Crippen LogP contribution in [0, 0.1) is 0 Å². The number of methoxy groups -OCH3 is 1. The normalized spacial score (nSPS) is 10.8. The number of pyridine rings is 1. The number of hydrogen-bond acceptors (Lipinski definition) is 5. The number of rotatable bonds is 5. The minimum absolute atomic E-state index is 0.609. The van der Waals surface area contributed by atoms with Gasteiger partial charge in [-0.15, -0.1) is 5.10 Å². The molecule has 0 radical (unpaired) electrons. The van der Waals surface area contributed by atoms with E-state index >= 15 is 0 Å². The van der Waals surface area contributed by atoms with Crippen molar-refractivity contribution in [3.8, 4) is 17.0 Å². The summed E-state index contributed by atoms with van der Waals surface area (Å²) in [6.07, 6.45) is 3.59. The fourth-order valence-corrected chi connectivity index (χ4v) is 2.69. The average molecular weight is 331 g/mol. The van der Waals surface area contributed by atoms with Crippen LogP contribution in [0.5, 0.6) is 5.75 Å². The largest absolute Gasteiger partial charge is 0.496 e. The van der Waals surface area contributed by atoms with Gasteiger partial charge in [-0.05, 0) is 36.4 Å². The van der Waals surface area contributed by atoms with Gasteiger partial charge in [0, 0.05) is 11.8 Å². The van der Waals surface area contributed by atoms with Gasteiger partial charge in [0.25, 0.3) is 0 Å². The first-order chi connectivity index (χ1) is 12.3. The second-order valence-electron chi connectivity index (χ2n) is 5.51. The summed E-state index contributed by atoms with van der Waals surface area (Å²) in [6, 6.07) is 17.5. The Morgan fingerprint density at radius 1 is 1.00 bits per heavy atom. The zero-order valence-corrected chi connectivity index (χ0v) is 13.8. The second-order valence-corrected chi connectivity index (χ2v) is 5.51. The van der Waals surface area contributed by atoms with Crippen molar-refractivity contribution in [2.75, 3.05) is 12.4 Å². The van der Waals surface area contributed by atoms with Gasteiger partial charge < -0.3 is 10.1 Å². The molecule has 4 rings (SSSR count). The predicted octanol–water partition coefficient (Wildman–Crippen LogP) is 3.41. The number of ether oxygens (including phenoxy) is 1. The highest BCUT2D eigenvalue weighted by Gasteiger charge is 2.12. The molecule has 1 aromatic carbocycles. The van der Waals surface area contributed by atoms with Crippen LogP contribution in [-0.2, 0) is 6.54 Å². The van der Waals surface area contributed by atoms with Crippen molar-refractivity contribution in [1.29, 1.82) is 0 Å². The van der Waals surface area contributed by atoms with Gasteiger partial charge in [0.2, 0.25) is 0 Å². The molecule has 0 atom stereocenters. The van der Waals surface area contributed by atoms with E-state index in [4.69, 9.17) is 4.74 Å². The third-order valence-corrected chi connectivity index (χ3v) is 3.92. The monoisotopic (exact) mass is 331 g/mol. The minimum atomic E-state index is 0.609. The Morgan fingerprint density at radius 2 is 1.88 bits per heavy atom. The summed E-state index contributed by atoms with van der Waals surface area (Å²) in [4.78, 5) is 8.74. The molecule has 0 aliphatic rings. The van der Waals surface area contributed by atoms with E-state index in [1.54, 1.807) is 13.3 Å². The lowest BCUT2D eigenvalue weighted by Crippen LogP contribution is -2.05. The van der Waals surface area contributed by atoms with E-state index in [9.17, 15) is 0 Å². The van der Waals surface area contributed by atoms with Crippen molar-refractivity contribution in [1.82, 2.24) is 19.6 Å². The predicted molar refractivity (Wildman–Crippen MR) is 96.5 cm³/mol. The van der Waals surface area contributed by atoms with E-state index in [2.05, 4.69) is 20.4 Å². The first-order valence-electron chi connectivity index (χ1n) is 7.97. The molecular formula is C19H17N5O. The van der Waals surface area contributed by atoms with Gasteiger partial charge in [-0.25, -0.2) is 9.50 Å². The van der Waals surface area contributed by atoms with Crippen molar-refractivity contribution in [2.24, 2.45) is 0 Å². The maximum atomic E-state index is 5.46. The van der Waals surface area contributed by atoms with Crippen molar-refractivity contribution < 1.29 is 4.74 Å². The standard InChI is InChI=1S/C19H17N5O/c1-25-17-8-3-2-7-15(17)16-13-22-19-10-9-18(23-24(16)19)21-12-14-6-4-5-11-20-14/h2-11,13H,12H2,1H3,(H,21,23). The van der Waals surface area contributed by atoms with Crippen molar-refractivity contribution in [2.45, 2.75) is 6.54 Å². The molecule has 0 amide bonds. The van der Waals surface area contributed by atoms with E-state index in [-0.39, 0.29) is 0 Å². The van der Waals surface area contributed by atoms with E-state index in [0.717, 1.165) is 34.2 Å². The zero-order valence-electron chi connectivity index (χ0n) is 13.8. The molecule has 1 N–H and O–H groups in total. The van der Waals surface area contributed by atoms with Crippen LogP contribution in [0.3, 0.4) is 0 Å². The Bertz CT molecular complexity index is 997. The molecule has 0 bridgehead atoms. The van der Waals surface area contributed by atoms with Crippen LogP contribution in [0.4, 0.5) is 5.82 Å². The van der Waals surface area contributed by atoms with Crippen LogP contribution in [0.15, 0.2) is 67.0 Å². The molecule has 0 aliphatic carbocycles. The van der Waals surface area contributed by atoms with Gasteiger partial charge in [0.15, 0.2) is 5.65 Å². The van der Waals surface area contributed by atoms with Crippen molar-refractivity contribution >= 4 is 11.5 Å². The van der Waals surface area contributed by atoms with Gasteiger partial charge in [-0.3, -0.25) is 4.98 Å². The highest BCUT2D eigenvalue weighted by Crippen LogP contribution is 2.29. The molecule has 0 aliphatic heterocycles. The Morgan fingerprint density at radius 3 is 2.72 bits per heavy atom. The van der Waals surface area contributed by atoms with Gasteiger partial charge in [0.1, 0.15) is 11.6 Å². The highest BCUT2D eigenvalue weighted by molar-refractivity contribution is 5.69. The molecule has 3 heterocycles. The van der Waals surface area contributed by atoms with E-state index in [1.807, 2.05) is 65.3 Å². The molecule has 124 valence electrons. The van der Waals surface area contributed by atoms with Crippen molar-refractivity contribution in [3.05, 3.63) is 72.7 Å². The van der Waals surface area contributed by atoms with Crippen LogP contribution in [-0.4, -0.2) is 26.7 Å². The van der Waals surface area contributed by atoms with Gasteiger partial charge in [0.05, 0.1) is 31.2 Å². The van der Waals surface area contributed by atoms with Crippen LogP contribution in [0.1, 0.15) is 5.69 Å². The molecule has 0 saturated carbocycles. The average Bonchev–Trinajstić information content (AvgIpc) is 3.10. The molecule has 25 heavy (non-hydrogen) atoms. The lowest BCUT2D eigenvalue weighted by atomic mass is 10.1. The summed E-state index contributed by atoms with van der Waals surface area (Å²) in [7, 11) is 1.66. The fourth-order valence-electron chi connectivity index (χ4n) is 2.69. The van der Waals surface area contributed by atoms with Crippen LogP contribution in [0.25, 0.3) is 16.9 Å². The molecule has 0 fully saturated rings. The maximum Gasteiger partial charge on any atom is 0.154 e. The fraction of sp³-hybridized carbons (Fsp3) is 0.105. The van der Waals surface area contributed by atoms with Gasteiger partial charge in [-0.2, -0.15) is 0 Å². The number of imidazole rings is 1. The Labute approximate surface area is 145 Å². The van der Waals surface area contributed by atoms with Crippen LogP contribution in [0.2, 0.25) is 0 Å². The lowest BCUT2D eigenvalue weighted by molar-refractivity contribution is 0.416.